The summed E-state index contributed by atoms with van der Waals surface area (Å²) < 4.78 is 5.62. The maximum atomic E-state index is 12.5. The van der Waals surface area contributed by atoms with Gasteiger partial charge in [0.1, 0.15) is 0 Å². The van der Waals surface area contributed by atoms with Gasteiger partial charge in [0.2, 0.25) is 11.9 Å². The Balaban J connectivity index is 1.53. The number of carbonyl (C=O) groups is 1. The highest BCUT2D eigenvalue weighted by Crippen LogP contribution is 2.28. The van der Waals surface area contributed by atoms with Crippen LogP contribution in [0.3, 0.4) is 0 Å². The van der Waals surface area contributed by atoms with Gasteiger partial charge in [0, 0.05) is 37.0 Å². The van der Waals surface area contributed by atoms with Gasteiger partial charge in [-0.15, -0.1) is 0 Å². The number of methoxy groups -OCH3 is 1. The van der Waals surface area contributed by atoms with Gasteiger partial charge in [0.15, 0.2) is 0 Å². The molecule has 0 bridgehead atoms. The Labute approximate surface area is 158 Å². The fourth-order valence-electron chi connectivity index (χ4n) is 3.31. The minimum Gasteiger partial charge on any atom is -0.379 e. The lowest BCUT2D eigenvalue weighted by atomic mass is 9.83. The Bertz CT molecular complexity index is 728. The zero-order valence-corrected chi connectivity index (χ0v) is 15.4. The maximum absolute atomic E-state index is 12.5. The summed E-state index contributed by atoms with van der Waals surface area (Å²) in [5, 5.41) is 6.99. The minimum atomic E-state index is -0.0612. The summed E-state index contributed by atoms with van der Waals surface area (Å²) in [5.74, 6) is 0.582. The smallest absolute Gasteiger partial charge is 0.223 e. The largest absolute Gasteiger partial charge is 0.379 e. The van der Waals surface area contributed by atoms with Crippen LogP contribution in [0.5, 0.6) is 0 Å². The van der Waals surface area contributed by atoms with Crippen LogP contribution < -0.4 is 10.6 Å². The number of amides is 1. The van der Waals surface area contributed by atoms with E-state index < -0.39 is 0 Å². The Morgan fingerprint density at radius 1 is 1.27 bits per heavy atom. The number of aromatic nitrogens is 2. The molecule has 0 unspecified atom stereocenters. The van der Waals surface area contributed by atoms with E-state index in [9.17, 15) is 4.79 Å². The Hall–Kier alpha value is -2.18. The van der Waals surface area contributed by atoms with E-state index in [1.807, 2.05) is 24.3 Å². The van der Waals surface area contributed by atoms with Crippen LogP contribution in [0.25, 0.3) is 0 Å². The molecule has 138 valence electrons. The maximum Gasteiger partial charge on any atom is 0.223 e. The lowest BCUT2D eigenvalue weighted by Gasteiger charge is -2.35. The normalized spacial score (nSPS) is 22.6. The van der Waals surface area contributed by atoms with Crippen LogP contribution >= 0.6 is 11.6 Å². The molecule has 2 N–H and O–H groups in total. The molecule has 3 rings (SSSR count). The van der Waals surface area contributed by atoms with Gasteiger partial charge in [-0.05, 0) is 43.0 Å². The van der Waals surface area contributed by atoms with Gasteiger partial charge in [-0.2, -0.15) is 0 Å². The first kappa shape index (κ1) is 18.6. The fourth-order valence-corrected chi connectivity index (χ4v) is 3.53. The summed E-state index contributed by atoms with van der Waals surface area (Å²) in [6, 6.07) is 9.39. The van der Waals surface area contributed by atoms with Crippen LogP contribution in [0.2, 0.25) is 5.02 Å². The van der Waals surface area contributed by atoms with Crippen LogP contribution in [0.15, 0.2) is 42.7 Å². The lowest BCUT2D eigenvalue weighted by Crippen LogP contribution is -2.44. The molecule has 1 fully saturated rings. The Morgan fingerprint density at radius 3 is 2.81 bits per heavy atom. The molecule has 6 nitrogen and oxygen atoms in total. The first-order valence-corrected chi connectivity index (χ1v) is 9.12. The van der Waals surface area contributed by atoms with Crippen molar-refractivity contribution < 1.29 is 9.53 Å². The number of nitrogens with zero attached hydrogens (tertiary/aromatic N) is 2. The van der Waals surface area contributed by atoms with Crippen LogP contribution in [-0.2, 0) is 16.1 Å². The molecular formula is C19H23ClN4O2. The van der Waals surface area contributed by atoms with E-state index in [1.165, 1.54) is 0 Å². The Morgan fingerprint density at radius 2 is 2.08 bits per heavy atom. The summed E-state index contributed by atoms with van der Waals surface area (Å²) in [4.78, 5) is 20.9. The highest BCUT2D eigenvalue weighted by atomic mass is 35.5. The average molecular weight is 375 g/mol. The number of anilines is 1. The quantitative estimate of drug-likeness (QED) is 0.812. The molecule has 0 spiro atoms. The van der Waals surface area contributed by atoms with Crippen LogP contribution in [0, 0.1) is 5.92 Å². The van der Waals surface area contributed by atoms with Crippen molar-refractivity contribution in [3.05, 3.63) is 53.3 Å². The van der Waals surface area contributed by atoms with E-state index in [2.05, 4.69) is 20.6 Å². The van der Waals surface area contributed by atoms with Crippen LogP contribution in [0.4, 0.5) is 5.95 Å². The second-order valence-electron chi connectivity index (χ2n) is 6.46. The van der Waals surface area contributed by atoms with Gasteiger partial charge < -0.3 is 15.4 Å². The molecule has 0 radical (unpaired) electrons. The molecular weight excluding hydrogens is 352 g/mol. The Kier molecular flexibility index (Phi) is 6.41. The van der Waals surface area contributed by atoms with E-state index >= 15 is 0 Å². The number of carbonyl (C=O) groups excluding carboxylic acids is 1. The third-order valence-electron chi connectivity index (χ3n) is 4.70. The minimum absolute atomic E-state index is 0.0569. The zero-order chi connectivity index (χ0) is 18.4. The van der Waals surface area contributed by atoms with Gasteiger partial charge in [-0.25, -0.2) is 9.97 Å². The third kappa shape index (κ3) is 4.93. The first-order chi connectivity index (χ1) is 12.7. The predicted molar refractivity (Wildman–Crippen MR) is 101 cm³/mol. The number of ether oxygens (including phenoxy) is 1. The summed E-state index contributed by atoms with van der Waals surface area (Å²) in [7, 11) is 1.68. The van der Waals surface area contributed by atoms with Crippen molar-refractivity contribution in [1.82, 2.24) is 15.3 Å². The molecule has 1 aromatic carbocycles. The van der Waals surface area contributed by atoms with Gasteiger partial charge >= 0.3 is 0 Å². The SMILES string of the molecule is CO[C@@H]1C[C@@H](C(=O)NCc2cccc(Cl)c2)CC[C@H]1Nc1ncccn1. The topological polar surface area (TPSA) is 76.1 Å². The van der Waals surface area contributed by atoms with E-state index in [0.29, 0.717) is 23.9 Å². The van der Waals surface area contributed by atoms with Crippen molar-refractivity contribution in [2.75, 3.05) is 12.4 Å². The van der Waals surface area contributed by atoms with Gasteiger partial charge in [0.05, 0.1) is 12.1 Å². The zero-order valence-electron chi connectivity index (χ0n) is 14.7. The monoisotopic (exact) mass is 374 g/mol. The molecule has 1 amide bonds. The lowest BCUT2D eigenvalue weighted by molar-refractivity contribution is -0.127. The number of rotatable bonds is 6. The second kappa shape index (κ2) is 8.96. The molecule has 0 saturated heterocycles. The molecule has 1 aliphatic carbocycles. The van der Waals surface area contributed by atoms with Crippen molar-refractivity contribution in [3.63, 3.8) is 0 Å². The molecule has 1 aliphatic rings. The molecule has 7 heteroatoms. The van der Waals surface area contributed by atoms with Gasteiger partial charge in [-0.1, -0.05) is 23.7 Å². The van der Waals surface area contributed by atoms with Crippen molar-refractivity contribution >= 4 is 23.5 Å². The highest BCUT2D eigenvalue weighted by molar-refractivity contribution is 6.30. The van der Waals surface area contributed by atoms with E-state index in [4.69, 9.17) is 16.3 Å². The van der Waals surface area contributed by atoms with Gasteiger partial charge in [0.25, 0.3) is 0 Å². The molecule has 26 heavy (non-hydrogen) atoms. The molecule has 1 aromatic heterocycles. The number of hydrogen-bond donors (Lipinski definition) is 2. The van der Waals surface area contributed by atoms with Crippen molar-refractivity contribution in [2.24, 2.45) is 5.92 Å². The summed E-state index contributed by atoms with van der Waals surface area (Å²) in [6.07, 6.45) is 5.63. The standard InChI is InChI=1S/C19H23ClN4O2/c1-26-17-11-14(6-7-16(17)24-19-21-8-3-9-22-19)18(25)23-12-13-4-2-5-15(20)10-13/h2-5,8-10,14,16-17H,6-7,11-12H2,1H3,(H,23,25)(H,21,22,24)/t14-,16+,17+/m0/s1. The summed E-state index contributed by atoms with van der Waals surface area (Å²) in [6.45, 7) is 0.479. The summed E-state index contributed by atoms with van der Waals surface area (Å²) >= 11 is 5.98. The van der Waals surface area contributed by atoms with Crippen molar-refractivity contribution in [1.29, 1.82) is 0 Å². The van der Waals surface area contributed by atoms with E-state index in [1.54, 1.807) is 25.6 Å². The average Bonchev–Trinajstić information content (AvgIpc) is 2.67. The van der Waals surface area contributed by atoms with Crippen molar-refractivity contribution in [3.8, 4) is 0 Å². The number of benzene rings is 1. The number of hydrogen-bond acceptors (Lipinski definition) is 5. The van der Waals surface area contributed by atoms with Crippen molar-refractivity contribution in [2.45, 2.75) is 38.0 Å². The van der Waals surface area contributed by atoms with Crippen LogP contribution in [-0.4, -0.2) is 35.1 Å². The molecule has 0 aliphatic heterocycles. The first-order valence-electron chi connectivity index (χ1n) is 8.74. The van der Waals surface area contributed by atoms with E-state index in [-0.39, 0.29) is 24.0 Å². The molecule has 1 saturated carbocycles. The molecule has 2 aromatic rings. The predicted octanol–water partition coefficient (Wildman–Crippen LogP) is 3.04. The number of halogens is 1. The summed E-state index contributed by atoms with van der Waals surface area (Å²) in [5.41, 5.74) is 0.991. The van der Waals surface area contributed by atoms with Gasteiger partial charge in [-0.3, -0.25) is 4.79 Å². The van der Waals surface area contributed by atoms with E-state index in [0.717, 1.165) is 18.4 Å². The fraction of sp³-hybridized carbons (Fsp3) is 0.421. The highest BCUT2D eigenvalue weighted by Gasteiger charge is 2.34. The second-order valence-corrected chi connectivity index (χ2v) is 6.89. The molecule has 1 heterocycles. The molecule has 3 atom stereocenters. The third-order valence-corrected chi connectivity index (χ3v) is 4.94. The van der Waals surface area contributed by atoms with Crippen LogP contribution in [0.1, 0.15) is 24.8 Å². The number of nitrogens with one attached hydrogen (secondary N) is 2.